The lowest BCUT2D eigenvalue weighted by atomic mass is 10.1. The van der Waals surface area contributed by atoms with Crippen molar-refractivity contribution in [3.05, 3.63) is 29.8 Å². The van der Waals surface area contributed by atoms with Crippen molar-refractivity contribution < 1.29 is 4.74 Å². The van der Waals surface area contributed by atoms with Crippen LogP contribution in [0.2, 0.25) is 0 Å². The normalized spacial score (nSPS) is 11.5. The molecular formula is C14H19N5OS. The Morgan fingerprint density at radius 3 is 3.10 bits per heavy atom. The van der Waals surface area contributed by atoms with Crippen LogP contribution < -0.4 is 10.2 Å². The second-order valence-electron chi connectivity index (χ2n) is 4.36. The van der Waals surface area contributed by atoms with Gasteiger partial charge in [-0.2, -0.15) is 10.1 Å². The van der Waals surface area contributed by atoms with E-state index in [2.05, 4.69) is 32.6 Å². The Balaban J connectivity index is 2.00. The molecule has 0 atom stereocenters. The number of nitrogens with one attached hydrogen (secondary N) is 2. The van der Waals surface area contributed by atoms with Gasteiger partial charge >= 0.3 is 0 Å². The van der Waals surface area contributed by atoms with E-state index in [-0.39, 0.29) is 0 Å². The number of aromatic amines is 1. The minimum absolute atomic E-state index is 0.538. The number of nitrogens with zero attached hydrogens (tertiary/aromatic N) is 3. The van der Waals surface area contributed by atoms with E-state index >= 15 is 0 Å². The highest BCUT2D eigenvalue weighted by atomic mass is 32.2. The standard InChI is InChI=1S/C14H19N5OS/c1-4-8-21-14-15-13(18-19-14)17-16-10(2)11-6-5-7-12(9-11)20-3/h5-7,9H,4,8H2,1-3H3,(H2,15,17,18,19). The highest BCUT2D eigenvalue weighted by Gasteiger charge is 2.03. The predicted molar refractivity (Wildman–Crippen MR) is 86.2 cm³/mol. The smallest absolute Gasteiger partial charge is 0.240 e. The van der Waals surface area contributed by atoms with Gasteiger partial charge in [0.2, 0.25) is 11.1 Å². The van der Waals surface area contributed by atoms with E-state index in [4.69, 9.17) is 4.74 Å². The Morgan fingerprint density at radius 1 is 1.48 bits per heavy atom. The Hall–Kier alpha value is -2.02. The van der Waals surface area contributed by atoms with Crippen molar-refractivity contribution in [3.63, 3.8) is 0 Å². The van der Waals surface area contributed by atoms with Gasteiger partial charge in [0.25, 0.3) is 0 Å². The molecule has 0 aliphatic heterocycles. The molecule has 0 unspecified atom stereocenters. The largest absolute Gasteiger partial charge is 0.497 e. The molecule has 1 aromatic carbocycles. The molecule has 112 valence electrons. The molecule has 6 nitrogen and oxygen atoms in total. The van der Waals surface area contributed by atoms with E-state index in [9.17, 15) is 0 Å². The number of H-pyrrole nitrogens is 1. The van der Waals surface area contributed by atoms with Gasteiger partial charge in [0.1, 0.15) is 5.75 Å². The summed E-state index contributed by atoms with van der Waals surface area (Å²) in [5, 5.41) is 12.0. The van der Waals surface area contributed by atoms with Crippen LogP contribution in [0.4, 0.5) is 5.95 Å². The molecule has 7 heteroatoms. The van der Waals surface area contributed by atoms with E-state index in [1.54, 1.807) is 18.9 Å². The van der Waals surface area contributed by atoms with Crippen LogP contribution in [0.15, 0.2) is 34.5 Å². The summed E-state index contributed by atoms with van der Waals surface area (Å²) in [7, 11) is 1.65. The highest BCUT2D eigenvalue weighted by Crippen LogP contribution is 2.15. The maximum absolute atomic E-state index is 5.20. The number of anilines is 1. The van der Waals surface area contributed by atoms with Gasteiger partial charge in [-0.05, 0) is 25.5 Å². The molecule has 0 fully saturated rings. The first-order valence-corrected chi connectivity index (χ1v) is 7.71. The third-order valence-electron chi connectivity index (χ3n) is 2.72. The van der Waals surface area contributed by atoms with E-state index in [0.29, 0.717) is 5.95 Å². The first kappa shape index (κ1) is 15.4. The van der Waals surface area contributed by atoms with Crippen molar-refractivity contribution in [1.82, 2.24) is 15.2 Å². The summed E-state index contributed by atoms with van der Waals surface area (Å²) in [5.74, 6) is 2.35. The van der Waals surface area contributed by atoms with Crippen molar-refractivity contribution in [3.8, 4) is 5.75 Å². The van der Waals surface area contributed by atoms with Crippen LogP contribution in [0, 0.1) is 0 Å². The Kier molecular flexibility index (Phi) is 5.62. The van der Waals surface area contributed by atoms with Crippen LogP contribution in [-0.2, 0) is 0 Å². The summed E-state index contributed by atoms with van der Waals surface area (Å²) < 4.78 is 5.20. The van der Waals surface area contributed by atoms with Crippen LogP contribution in [-0.4, -0.2) is 33.8 Å². The molecule has 0 saturated carbocycles. The lowest BCUT2D eigenvalue weighted by molar-refractivity contribution is 0.414. The Morgan fingerprint density at radius 2 is 2.33 bits per heavy atom. The molecule has 1 aromatic heterocycles. The second kappa shape index (κ2) is 7.68. The topological polar surface area (TPSA) is 75.2 Å². The monoisotopic (exact) mass is 305 g/mol. The zero-order valence-corrected chi connectivity index (χ0v) is 13.2. The zero-order valence-electron chi connectivity index (χ0n) is 12.4. The number of methoxy groups -OCH3 is 1. The molecule has 21 heavy (non-hydrogen) atoms. The third-order valence-corrected chi connectivity index (χ3v) is 3.77. The molecule has 0 radical (unpaired) electrons. The van der Waals surface area contributed by atoms with Gasteiger partial charge in [-0.3, -0.25) is 0 Å². The van der Waals surface area contributed by atoms with Crippen LogP contribution in [0.3, 0.4) is 0 Å². The first-order valence-electron chi connectivity index (χ1n) is 6.73. The molecule has 0 aliphatic carbocycles. The fraction of sp³-hybridized carbons (Fsp3) is 0.357. The van der Waals surface area contributed by atoms with Crippen molar-refractivity contribution in [2.24, 2.45) is 5.10 Å². The maximum atomic E-state index is 5.20. The van der Waals surface area contributed by atoms with Crippen LogP contribution in [0.5, 0.6) is 5.75 Å². The first-order chi connectivity index (χ1) is 10.2. The summed E-state index contributed by atoms with van der Waals surface area (Å²) in [6.45, 7) is 4.05. The average molecular weight is 305 g/mol. The second-order valence-corrected chi connectivity index (χ2v) is 5.42. The summed E-state index contributed by atoms with van der Waals surface area (Å²) >= 11 is 1.62. The SMILES string of the molecule is CCCSc1n[nH]c(NN=C(C)c2cccc(OC)c2)n1. The fourth-order valence-corrected chi connectivity index (χ4v) is 2.26. The van der Waals surface area contributed by atoms with Crippen molar-refractivity contribution in [2.75, 3.05) is 18.3 Å². The molecule has 2 N–H and O–H groups in total. The zero-order chi connectivity index (χ0) is 15.1. The summed E-state index contributed by atoms with van der Waals surface area (Å²) in [6, 6.07) is 7.74. The number of thioether (sulfide) groups is 1. The number of hydrazone groups is 1. The lowest BCUT2D eigenvalue weighted by Gasteiger charge is -2.04. The Labute approximate surface area is 128 Å². The van der Waals surface area contributed by atoms with Gasteiger partial charge in [-0.1, -0.05) is 30.8 Å². The van der Waals surface area contributed by atoms with Crippen molar-refractivity contribution in [1.29, 1.82) is 0 Å². The number of hydrogen-bond donors (Lipinski definition) is 2. The summed E-state index contributed by atoms with van der Waals surface area (Å²) in [5.41, 5.74) is 4.71. The van der Waals surface area contributed by atoms with Crippen LogP contribution in [0.1, 0.15) is 25.8 Å². The fourth-order valence-electron chi connectivity index (χ4n) is 1.60. The lowest BCUT2D eigenvalue weighted by Crippen LogP contribution is -2.01. The number of benzene rings is 1. The van der Waals surface area contributed by atoms with Gasteiger partial charge in [-0.25, -0.2) is 10.5 Å². The van der Waals surface area contributed by atoms with E-state index in [1.807, 2.05) is 31.2 Å². The molecule has 0 amide bonds. The Bertz CT molecular complexity index is 611. The number of rotatable bonds is 7. The van der Waals surface area contributed by atoms with Gasteiger partial charge in [-0.15, -0.1) is 5.10 Å². The molecular weight excluding hydrogens is 286 g/mol. The predicted octanol–water partition coefficient (Wildman–Crippen LogP) is 3.15. The van der Waals surface area contributed by atoms with E-state index in [1.165, 1.54) is 0 Å². The molecule has 1 heterocycles. The van der Waals surface area contributed by atoms with Crippen LogP contribution >= 0.6 is 11.8 Å². The van der Waals surface area contributed by atoms with Crippen molar-refractivity contribution >= 4 is 23.4 Å². The van der Waals surface area contributed by atoms with Crippen molar-refractivity contribution in [2.45, 2.75) is 25.4 Å². The number of hydrogen-bond acceptors (Lipinski definition) is 6. The average Bonchev–Trinajstić information content (AvgIpc) is 2.98. The van der Waals surface area contributed by atoms with Gasteiger partial charge in [0.05, 0.1) is 12.8 Å². The van der Waals surface area contributed by atoms with Crippen LogP contribution in [0.25, 0.3) is 0 Å². The van der Waals surface area contributed by atoms with E-state index in [0.717, 1.165) is 34.4 Å². The number of ether oxygens (including phenoxy) is 1. The molecule has 0 spiro atoms. The maximum Gasteiger partial charge on any atom is 0.240 e. The summed E-state index contributed by atoms with van der Waals surface area (Å²) in [4.78, 5) is 4.30. The highest BCUT2D eigenvalue weighted by molar-refractivity contribution is 7.99. The molecule has 2 aromatic rings. The molecule has 0 aliphatic rings. The third kappa shape index (κ3) is 4.49. The van der Waals surface area contributed by atoms with E-state index < -0.39 is 0 Å². The summed E-state index contributed by atoms with van der Waals surface area (Å²) in [6.07, 6.45) is 1.09. The van der Waals surface area contributed by atoms with Gasteiger partial charge in [0, 0.05) is 11.3 Å². The minimum Gasteiger partial charge on any atom is -0.497 e. The number of aromatic nitrogens is 3. The molecule has 2 rings (SSSR count). The molecule has 0 bridgehead atoms. The van der Waals surface area contributed by atoms with Gasteiger partial charge in [0.15, 0.2) is 0 Å². The molecule has 0 saturated heterocycles. The minimum atomic E-state index is 0.538. The quantitative estimate of drug-likeness (QED) is 0.467. The van der Waals surface area contributed by atoms with Gasteiger partial charge < -0.3 is 4.74 Å².